The van der Waals surface area contributed by atoms with Gasteiger partial charge in [-0.25, -0.2) is 0 Å². The molecular formula is C18H21N5O. The second-order valence-corrected chi connectivity index (χ2v) is 6.16. The van der Waals surface area contributed by atoms with Crippen molar-refractivity contribution in [3.8, 4) is 11.4 Å². The molecular weight excluding hydrogens is 302 g/mol. The van der Waals surface area contributed by atoms with Crippen LogP contribution in [0.25, 0.3) is 17.0 Å². The van der Waals surface area contributed by atoms with Crippen LogP contribution in [0.5, 0.6) is 0 Å². The standard InChI is InChI=1S/C18H21N5O/c1-24-11-10-19-17-15(13-8-5-9-13)12-16-20-21-18(23(16)22-17)14-6-3-2-4-7-14/h2-4,6-7,12-13H,5,8-11H2,1H3,(H,19,22). The Balaban J connectivity index is 1.77. The van der Waals surface area contributed by atoms with E-state index in [1.165, 1.54) is 24.8 Å². The van der Waals surface area contributed by atoms with E-state index in [-0.39, 0.29) is 0 Å². The number of methoxy groups -OCH3 is 1. The second kappa shape index (κ2) is 6.57. The molecule has 0 aliphatic heterocycles. The molecule has 1 aromatic carbocycles. The molecule has 0 radical (unpaired) electrons. The Bertz CT molecular complexity index is 826. The Morgan fingerprint density at radius 1 is 1.21 bits per heavy atom. The first-order valence-electron chi connectivity index (χ1n) is 8.41. The molecule has 0 spiro atoms. The van der Waals surface area contributed by atoms with Crippen LogP contribution in [0.2, 0.25) is 0 Å². The third kappa shape index (κ3) is 2.73. The summed E-state index contributed by atoms with van der Waals surface area (Å²) in [6.07, 6.45) is 3.72. The zero-order valence-corrected chi connectivity index (χ0v) is 13.8. The molecule has 1 saturated carbocycles. The Hall–Kier alpha value is -2.47. The fraction of sp³-hybridized carbons (Fsp3) is 0.389. The highest BCUT2D eigenvalue weighted by molar-refractivity contribution is 5.61. The quantitative estimate of drug-likeness (QED) is 0.706. The highest BCUT2D eigenvalue weighted by Gasteiger charge is 2.25. The van der Waals surface area contributed by atoms with Crippen molar-refractivity contribution in [2.45, 2.75) is 25.2 Å². The molecule has 24 heavy (non-hydrogen) atoms. The van der Waals surface area contributed by atoms with Gasteiger partial charge in [0.15, 0.2) is 17.3 Å². The number of ether oxygens (including phenoxy) is 1. The van der Waals surface area contributed by atoms with Gasteiger partial charge in [0.1, 0.15) is 0 Å². The van der Waals surface area contributed by atoms with E-state index in [0.29, 0.717) is 12.5 Å². The van der Waals surface area contributed by atoms with Crippen LogP contribution in [0.4, 0.5) is 5.82 Å². The molecule has 4 rings (SSSR count). The van der Waals surface area contributed by atoms with Crippen LogP contribution in [-0.4, -0.2) is 40.1 Å². The van der Waals surface area contributed by atoms with Crippen molar-refractivity contribution >= 4 is 11.5 Å². The van der Waals surface area contributed by atoms with E-state index >= 15 is 0 Å². The van der Waals surface area contributed by atoms with E-state index in [0.717, 1.165) is 29.4 Å². The van der Waals surface area contributed by atoms with Gasteiger partial charge in [0.2, 0.25) is 0 Å². The molecule has 6 nitrogen and oxygen atoms in total. The Kier molecular flexibility index (Phi) is 4.13. The number of nitrogens with one attached hydrogen (secondary N) is 1. The van der Waals surface area contributed by atoms with Gasteiger partial charge < -0.3 is 10.1 Å². The summed E-state index contributed by atoms with van der Waals surface area (Å²) in [7, 11) is 1.71. The largest absolute Gasteiger partial charge is 0.383 e. The lowest BCUT2D eigenvalue weighted by Gasteiger charge is -2.27. The molecule has 0 unspecified atom stereocenters. The minimum atomic E-state index is 0.574. The minimum absolute atomic E-state index is 0.574. The third-order valence-electron chi connectivity index (χ3n) is 4.60. The zero-order valence-electron chi connectivity index (χ0n) is 13.8. The zero-order chi connectivity index (χ0) is 16.4. The maximum absolute atomic E-state index is 5.15. The third-order valence-corrected chi connectivity index (χ3v) is 4.60. The summed E-state index contributed by atoms with van der Waals surface area (Å²) in [5.74, 6) is 2.26. The van der Waals surface area contributed by atoms with E-state index < -0.39 is 0 Å². The van der Waals surface area contributed by atoms with Gasteiger partial charge in [-0.2, -0.15) is 4.52 Å². The number of hydrogen-bond donors (Lipinski definition) is 1. The number of aromatic nitrogens is 4. The molecule has 2 aromatic heterocycles. The lowest BCUT2D eigenvalue weighted by molar-refractivity contribution is 0.210. The topological polar surface area (TPSA) is 64.3 Å². The molecule has 0 atom stereocenters. The molecule has 0 amide bonds. The van der Waals surface area contributed by atoms with Gasteiger partial charge in [-0.3, -0.25) is 0 Å². The van der Waals surface area contributed by atoms with Gasteiger partial charge in [-0.15, -0.1) is 15.3 Å². The van der Waals surface area contributed by atoms with E-state index in [1.807, 2.05) is 34.8 Å². The highest BCUT2D eigenvalue weighted by Crippen LogP contribution is 2.39. The maximum Gasteiger partial charge on any atom is 0.185 e. The van der Waals surface area contributed by atoms with Gasteiger partial charge in [0.25, 0.3) is 0 Å². The summed E-state index contributed by atoms with van der Waals surface area (Å²) in [5.41, 5.74) is 3.06. The average molecular weight is 323 g/mol. The van der Waals surface area contributed by atoms with E-state index in [9.17, 15) is 0 Å². The fourth-order valence-electron chi connectivity index (χ4n) is 3.05. The summed E-state index contributed by atoms with van der Waals surface area (Å²) in [6, 6.07) is 12.2. The predicted octanol–water partition coefficient (Wildman–Crippen LogP) is 3.12. The van der Waals surface area contributed by atoms with Crippen molar-refractivity contribution in [3.05, 3.63) is 42.0 Å². The Labute approximate surface area is 140 Å². The maximum atomic E-state index is 5.15. The molecule has 0 bridgehead atoms. The van der Waals surface area contributed by atoms with Crippen LogP contribution >= 0.6 is 0 Å². The molecule has 1 aliphatic carbocycles. The molecule has 2 heterocycles. The number of fused-ring (bicyclic) bond motifs is 1. The van der Waals surface area contributed by atoms with Crippen molar-refractivity contribution in [2.75, 3.05) is 25.6 Å². The molecule has 3 aromatic rings. The van der Waals surface area contributed by atoms with Gasteiger partial charge in [0, 0.05) is 24.8 Å². The van der Waals surface area contributed by atoms with Crippen molar-refractivity contribution < 1.29 is 4.74 Å². The monoisotopic (exact) mass is 323 g/mol. The van der Waals surface area contributed by atoms with Gasteiger partial charge >= 0.3 is 0 Å². The van der Waals surface area contributed by atoms with Crippen molar-refractivity contribution in [3.63, 3.8) is 0 Å². The van der Waals surface area contributed by atoms with Crippen LogP contribution < -0.4 is 5.32 Å². The van der Waals surface area contributed by atoms with E-state index in [1.54, 1.807) is 7.11 Å². The Morgan fingerprint density at radius 2 is 2.04 bits per heavy atom. The predicted molar refractivity (Wildman–Crippen MR) is 93.2 cm³/mol. The summed E-state index contributed by atoms with van der Waals surface area (Å²) >= 11 is 0. The van der Waals surface area contributed by atoms with Crippen molar-refractivity contribution in [1.29, 1.82) is 0 Å². The van der Waals surface area contributed by atoms with Gasteiger partial charge in [-0.05, 0) is 24.8 Å². The first-order chi connectivity index (χ1) is 11.9. The summed E-state index contributed by atoms with van der Waals surface area (Å²) < 4.78 is 6.97. The number of rotatable bonds is 6. The lowest BCUT2D eigenvalue weighted by atomic mass is 9.80. The number of anilines is 1. The smallest absolute Gasteiger partial charge is 0.185 e. The first-order valence-corrected chi connectivity index (χ1v) is 8.41. The molecule has 124 valence electrons. The van der Waals surface area contributed by atoms with Gasteiger partial charge in [-0.1, -0.05) is 36.8 Å². The van der Waals surface area contributed by atoms with Crippen LogP contribution in [-0.2, 0) is 4.74 Å². The fourth-order valence-corrected chi connectivity index (χ4v) is 3.05. The number of nitrogens with zero attached hydrogens (tertiary/aromatic N) is 4. The van der Waals surface area contributed by atoms with Crippen LogP contribution in [0.15, 0.2) is 36.4 Å². The molecule has 0 saturated heterocycles. The van der Waals surface area contributed by atoms with Crippen molar-refractivity contribution in [2.24, 2.45) is 0 Å². The highest BCUT2D eigenvalue weighted by atomic mass is 16.5. The van der Waals surface area contributed by atoms with Crippen LogP contribution in [0.3, 0.4) is 0 Å². The summed E-state index contributed by atoms with van der Waals surface area (Å²) in [5, 5.41) is 16.9. The lowest BCUT2D eigenvalue weighted by Crippen LogP contribution is -2.17. The molecule has 1 N–H and O–H groups in total. The minimum Gasteiger partial charge on any atom is -0.383 e. The SMILES string of the molecule is COCCNc1nn2c(-c3ccccc3)nnc2cc1C1CCC1. The first kappa shape index (κ1) is 15.1. The summed E-state index contributed by atoms with van der Waals surface area (Å²) in [6.45, 7) is 1.38. The molecule has 6 heteroatoms. The summed E-state index contributed by atoms with van der Waals surface area (Å²) in [4.78, 5) is 0. The van der Waals surface area contributed by atoms with Crippen LogP contribution in [0.1, 0.15) is 30.7 Å². The van der Waals surface area contributed by atoms with Crippen LogP contribution in [0, 0.1) is 0 Å². The van der Waals surface area contributed by atoms with Crippen molar-refractivity contribution in [1.82, 2.24) is 19.8 Å². The van der Waals surface area contributed by atoms with E-state index in [2.05, 4.69) is 21.6 Å². The molecule has 1 aliphatic rings. The van der Waals surface area contributed by atoms with E-state index in [4.69, 9.17) is 9.84 Å². The van der Waals surface area contributed by atoms with Gasteiger partial charge in [0.05, 0.1) is 6.61 Å². The normalized spacial score (nSPS) is 14.7. The molecule has 1 fully saturated rings. The number of benzene rings is 1. The second-order valence-electron chi connectivity index (χ2n) is 6.16. The Morgan fingerprint density at radius 3 is 2.75 bits per heavy atom. The number of hydrogen-bond acceptors (Lipinski definition) is 5. The average Bonchev–Trinajstić information content (AvgIpc) is 2.97.